The van der Waals surface area contributed by atoms with Gasteiger partial charge in [0.2, 0.25) is 5.95 Å². The van der Waals surface area contributed by atoms with Crippen LogP contribution in [0, 0.1) is 5.82 Å². The van der Waals surface area contributed by atoms with Crippen LogP contribution in [-0.4, -0.2) is 22.4 Å². The Morgan fingerprint density at radius 2 is 2.00 bits per heavy atom. The van der Waals surface area contributed by atoms with Crippen molar-refractivity contribution in [1.29, 1.82) is 0 Å². The van der Waals surface area contributed by atoms with Gasteiger partial charge in [0.1, 0.15) is 5.82 Å². The molecule has 0 unspecified atom stereocenters. The molecule has 2 aromatic rings. The monoisotopic (exact) mass is 260 g/mol. The maximum atomic E-state index is 13.7. The summed E-state index contributed by atoms with van der Waals surface area (Å²) in [6, 6.07) is 5.96. The van der Waals surface area contributed by atoms with Crippen molar-refractivity contribution in [3.8, 4) is 0 Å². The van der Waals surface area contributed by atoms with Gasteiger partial charge in [-0.15, -0.1) is 0 Å². The van der Waals surface area contributed by atoms with Crippen molar-refractivity contribution < 1.29 is 9.18 Å². The van der Waals surface area contributed by atoms with E-state index < -0.39 is 11.7 Å². The first-order valence-corrected chi connectivity index (χ1v) is 5.83. The van der Waals surface area contributed by atoms with Gasteiger partial charge in [0, 0.05) is 18.9 Å². The van der Waals surface area contributed by atoms with Crippen LogP contribution in [0.3, 0.4) is 0 Å². The maximum Gasteiger partial charge on any atom is 0.260 e. The number of amides is 1. The normalized spacial score (nSPS) is 10.0. The molecule has 0 aliphatic heterocycles. The molecule has 0 fully saturated rings. The molecule has 0 aliphatic rings. The van der Waals surface area contributed by atoms with Gasteiger partial charge in [0.15, 0.2) is 0 Å². The van der Waals surface area contributed by atoms with Gasteiger partial charge in [0.25, 0.3) is 5.91 Å². The molecule has 19 heavy (non-hydrogen) atoms. The summed E-state index contributed by atoms with van der Waals surface area (Å²) < 4.78 is 13.7. The van der Waals surface area contributed by atoms with E-state index >= 15 is 0 Å². The molecule has 0 spiro atoms. The van der Waals surface area contributed by atoms with Crippen LogP contribution in [0.2, 0.25) is 0 Å². The molecule has 2 N–H and O–H groups in total. The number of carbonyl (C=O) groups excluding carboxylic acids is 1. The number of rotatable bonds is 4. The summed E-state index contributed by atoms with van der Waals surface area (Å²) in [4.78, 5) is 19.8. The van der Waals surface area contributed by atoms with Crippen molar-refractivity contribution in [1.82, 2.24) is 9.97 Å². The Kier molecular flexibility index (Phi) is 4.02. The maximum absolute atomic E-state index is 13.7. The fourth-order valence-electron chi connectivity index (χ4n) is 1.60. The van der Waals surface area contributed by atoms with Crippen molar-refractivity contribution in [2.45, 2.75) is 6.92 Å². The fraction of sp³-hybridized carbons (Fsp3) is 0.154. The van der Waals surface area contributed by atoms with Gasteiger partial charge in [-0.1, -0.05) is 6.07 Å². The molecule has 2 rings (SSSR count). The van der Waals surface area contributed by atoms with E-state index in [1.807, 2.05) is 6.92 Å². The third-order valence-corrected chi connectivity index (χ3v) is 2.40. The van der Waals surface area contributed by atoms with Crippen LogP contribution < -0.4 is 10.6 Å². The summed E-state index contributed by atoms with van der Waals surface area (Å²) in [6.45, 7) is 2.34. The summed E-state index contributed by atoms with van der Waals surface area (Å²) in [6.07, 6.45) is 3.03. The number of hydrogen-bond donors (Lipinski definition) is 2. The standard InChI is InChI=1S/C13H13FN4O/c1-2-15-11-9(5-3-6-10(11)14)12(19)18-13-16-7-4-8-17-13/h3-8,15H,2H2,1H3,(H,16,17,18,19). The quantitative estimate of drug-likeness (QED) is 0.885. The Morgan fingerprint density at radius 3 is 2.68 bits per heavy atom. The van der Waals surface area contributed by atoms with Gasteiger partial charge >= 0.3 is 0 Å². The predicted molar refractivity (Wildman–Crippen MR) is 70.5 cm³/mol. The van der Waals surface area contributed by atoms with E-state index in [0.717, 1.165) is 0 Å². The molecule has 0 saturated carbocycles. The molecule has 6 heteroatoms. The van der Waals surface area contributed by atoms with E-state index in [1.165, 1.54) is 24.5 Å². The number of carbonyl (C=O) groups is 1. The van der Waals surface area contributed by atoms with E-state index in [2.05, 4.69) is 20.6 Å². The lowest BCUT2D eigenvalue weighted by Gasteiger charge is -2.11. The summed E-state index contributed by atoms with van der Waals surface area (Å²) in [5.41, 5.74) is 0.396. The van der Waals surface area contributed by atoms with E-state index in [4.69, 9.17) is 0 Å². The lowest BCUT2D eigenvalue weighted by atomic mass is 10.1. The lowest BCUT2D eigenvalue weighted by molar-refractivity contribution is 0.102. The zero-order chi connectivity index (χ0) is 13.7. The van der Waals surface area contributed by atoms with Gasteiger partial charge in [-0.2, -0.15) is 0 Å². The number of hydrogen-bond acceptors (Lipinski definition) is 4. The van der Waals surface area contributed by atoms with Crippen LogP contribution in [-0.2, 0) is 0 Å². The molecule has 1 aromatic carbocycles. The molecule has 0 radical (unpaired) electrons. The Bertz CT molecular complexity index is 574. The molecule has 0 atom stereocenters. The van der Waals surface area contributed by atoms with Crippen LogP contribution in [0.1, 0.15) is 17.3 Å². The molecule has 0 aliphatic carbocycles. The zero-order valence-electron chi connectivity index (χ0n) is 10.4. The largest absolute Gasteiger partial charge is 0.382 e. The fourth-order valence-corrected chi connectivity index (χ4v) is 1.60. The second-order valence-corrected chi connectivity index (χ2v) is 3.72. The molecule has 0 bridgehead atoms. The Labute approximate surface area is 109 Å². The predicted octanol–water partition coefficient (Wildman–Crippen LogP) is 2.30. The molecule has 1 aromatic heterocycles. The Balaban J connectivity index is 2.26. The highest BCUT2D eigenvalue weighted by molar-refractivity contribution is 6.07. The molecular formula is C13H13FN4O. The van der Waals surface area contributed by atoms with Crippen molar-refractivity contribution >= 4 is 17.5 Å². The van der Waals surface area contributed by atoms with Crippen molar-refractivity contribution in [3.63, 3.8) is 0 Å². The Hall–Kier alpha value is -2.50. The molecule has 0 saturated heterocycles. The van der Waals surface area contributed by atoms with Gasteiger partial charge < -0.3 is 5.32 Å². The van der Waals surface area contributed by atoms with E-state index in [0.29, 0.717) is 6.54 Å². The number of para-hydroxylation sites is 1. The first kappa shape index (κ1) is 12.9. The van der Waals surface area contributed by atoms with Crippen molar-refractivity contribution in [2.75, 3.05) is 17.2 Å². The van der Waals surface area contributed by atoms with Gasteiger partial charge in [-0.25, -0.2) is 14.4 Å². The van der Waals surface area contributed by atoms with Crippen LogP contribution in [0.4, 0.5) is 16.0 Å². The first-order chi connectivity index (χ1) is 9.22. The number of benzene rings is 1. The first-order valence-electron chi connectivity index (χ1n) is 5.83. The number of anilines is 2. The molecule has 1 heterocycles. The average Bonchev–Trinajstić information content (AvgIpc) is 2.42. The molecule has 5 nitrogen and oxygen atoms in total. The average molecular weight is 260 g/mol. The summed E-state index contributed by atoms with van der Waals surface area (Å²) >= 11 is 0. The second kappa shape index (κ2) is 5.90. The highest BCUT2D eigenvalue weighted by Gasteiger charge is 2.15. The van der Waals surface area contributed by atoms with Gasteiger partial charge in [0.05, 0.1) is 11.3 Å². The summed E-state index contributed by atoms with van der Waals surface area (Å²) in [5.74, 6) is -0.746. The minimum absolute atomic E-state index is 0.179. The molecule has 98 valence electrons. The minimum Gasteiger partial charge on any atom is -0.382 e. The van der Waals surface area contributed by atoms with Crippen LogP contribution >= 0.6 is 0 Å². The third kappa shape index (κ3) is 3.04. The topological polar surface area (TPSA) is 66.9 Å². The van der Waals surface area contributed by atoms with E-state index in [-0.39, 0.29) is 17.2 Å². The van der Waals surface area contributed by atoms with Gasteiger partial charge in [-0.3, -0.25) is 10.1 Å². The summed E-state index contributed by atoms with van der Waals surface area (Å²) in [7, 11) is 0. The Morgan fingerprint density at radius 1 is 1.26 bits per heavy atom. The van der Waals surface area contributed by atoms with Crippen molar-refractivity contribution in [2.24, 2.45) is 0 Å². The number of aromatic nitrogens is 2. The van der Waals surface area contributed by atoms with Crippen LogP contribution in [0.25, 0.3) is 0 Å². The minimum atomic E-state index is -0.469. The number of nitrogens with zero attached hydrogens (tertiary/aromatic N) is 2. The van der Waals surface area contributed by atoms with Crippen LogP contribution in [0.15, 0.2) is 36.7 Å². The SMILES string of the molecule is CCNc1c(F)cccc1C(=O)Nc1ncccn1. The lowest BCUT2D eigenvalue weighted by Crippen LogP contribution is -2.17. The number of halogens is 1. The van der Waals surface area contributed by atoms with Gasteiger partial charge in [-0.05, 0) is 25.1 Å². The summed E-state index contributed by atoms with van der Waals surface area (Å²) in [5, 5.41) is 5.35. The van der Waals surface area contributed by atoms with E-state index in [9.17, 15) is 9.18 Å². The zero-order valence-corrected chi connectivity index (χ0v) is 10.4. The molecule has 1 amide bonds. The third-order valence-electron chi connectivity index (χ3n) is 2.40. The highest BCUT2D eigenvalue weighted by atomic mass is 19.1. The van der Waals surface area contributed by atoms with Crippen LogP contribution in [0.5, 0.6) is 0 Å². The smallest absolute Gasteiger partial charge is 0.260 e. The van der Waals surface area contributed by atoms with E-state index in [1.54, 1.807) is 12.1 Å². The highest BCUT2D eigenvalue weighted by Crippen LogP contribution is 2.20. The second-order valence-electron chi connectivity index (χ2n) is 3.72. The number of nitrogens with one attached hydrogen (secondary N) is 2. The van der Waals surface area contributed by atoms with Crippen molar-refractivity contribution in [3.05, 3.63) is 48.0 Å². The molecular weight excluding hydrogens is 247 g/mol.